The first-order valence-corrected chi connectivity index (χ1v) is 8.91. The van der Waals surface area contributed by atoms with E-state index >= 15 is 0 Å². The molecule has 0 saturated heterocycles. The van der Waals surface area contributed by atoms with E-state index in [4.69, 9.17) is 4.74 Å². The number of anilines is 1. The maximum Gasteiger partial charge on any atom is 0.325 e. The second-order valence-corrected chi connectivity index (χ2v) is 5.70. The van der Waals surface area contributed by atoms with Crippen LogP contribution in [0.4, 0.5) is 5.69 Å². The number of benzene rings is 1. The van der Waals surface area contributed by atoms with Crippen LogP contribution in [0.1, 0.15) is 45.6 Å². The van der Waals surface area contributed by atoms with E-state index in [1.54, 1.807) is 0 Å². The third-order valence-electron chi connectivity index (χ3n) is 3.79. The quantitative estimate of drug-likeness (QED) is 0.473. The van der Waals surface area contributed by atoms with Gasteiger partial charge in [0.1, 0.15) is 6.54 Å². The molecular weight excluding hydrogens is 288 g/mol. The monoisotopic (exact) mass is 320 g/mol. The van der Waals surface area contributed by atoms with Crippen LogP contribution in [-0.4, -0.2) is 38.8 Å². The Bertz CT molecular complexity index is 432. The minimum Gasteiger partial charge on any atom is -0.465 e. The second-order valence-electron chi connectivity index (χ2n) is 5.70. The molecule has 0 unspecified atom stereocenters. The van der Waals surface area contributed by atoms with Crippen molar-refractivity contribution in [2.75, 3.05) is 37.7 Å². The van der Waals surface area contributed by atoms with E-state index in [-0.39, 0.29) is 5.97 Å². The lowest BCUT2D eigenvalue weighted by Gasteiger charge is -2.24. The van der Waals surface area contributed by atoms with Crippen molar-refractivity contribution in [3.8, 4) is 0 Å². The van der Waals surface area contributed by atoms with Crippen LogP contribution in [0.3, 0.4) is 0 Å². The van der Waals surface area contributed by atoms with Gasteiger partial charge in [-0.3, -0.25) is 4.79 Å². The first-order chi connectivity index (χ1) is 11.2. The van der Waals surface area contributed by atoms with Crippen LogP contribution >= 0.6 is 0 Å². The number of unbranched alkanes of at least 4 members (excludes halogenated alkanes) is 1. The summed E-state index contributed by atoms with van der Waals surface area (Å²) in [6, 6.07) is 8.48. The van der Waals surface area contributed by atoms with Crippen molar-refractivity contribution in [2.24, 2.45) is 0 Å². The summed E-state index contributed by atoms with van der Waals surface area (Å²) in [5, 5.41) is 3.41. The molecule has 0 aliphatic carbocycles. The molecule has 1 aromatic carbocycles. The van der Waals surface area contributed by atoms with Crippen LogP contribution in [0.25, 0.3) is 0 Å². The van der Waals surface area contributed by atoms with E-state index in [2.05, 4.69) is 48.3 Å². The molecule has 0 heterocycles. The maximum atomic E-state index is 11.8. The van der Waals surface area contributed by atoms with Gasteiger partial charge in [-0.2, -0.15) is 0 Å². The number of hydrogen-bond acceptors (Lipinski definition) is 4. The Morgan fingerprint density at radius 3 is 2.43 bits per heavy atom. The zero-order valence-corrected chi connectivity index (χ0v) is 14.9. The minimum absolute atomic E-state index is 0.156. The van der Waals surface area contributed by atoms with Gasteiger partial charge in [0.2, 0.25) is 0 Å². The zero-order valence-electron chi connectivity index (χ0n) is 14.9. The zero-order chi connectivity index (χ0) is 16.9. The Morgan fingerprint density at radius 2 is 1.83 bits per heavy atom. The summed E-state index contributed by atoms with van der Waals surface area (Å²) in [5.41, 5.74) is 2.41. The van der Waals surface area contributed by atoms with Crippen molar-refractivity contribution < 1.29 is 9.53 Å². The molecule has 1 rings (SSSR count). The van der Waals surface area contributed by atoms with Crippen molar-refractivity contribution in [3.63, 3.8) is 0 Å². The fourth-order valence-electron chi connectivity index (χ4n) is 2.46. The molecule has 0 aliphatic heterocycles. The molecule has 0 radical (unpaired) electrons. The van der Waals surface area contributed by atoms with Crippen molar-refractivity contribution in [2.45, 2.75) is 46.5 Å². The highest BCUT2D eigenvalue weighted by Gasteiger charge is 2.12. The molecule has 0 spiro atoms. The van der Waals surface area contributed by atoms with Crippen molar-refractivity contribution in [3.05, 3.63) is 29.8 Å². The van der Waals surface area contributed by atoms with E-state index < -0.39 is 0 Å². The highest BCUT2D eigenvalue weighted by atomic mass is 16.5. The number of carbonyl (C=O) groups is 1. The summed E-state index contributed by atoms with van der Waals surface area (Å²) in [4.78, 5) is 14.0. The fraction of sp³-hybridized carbons (Fsp3) is 0.632. The molecule has 0 aliphatic rings. The first kappa shape index (κ1) is 19.5. The van der Waals surface area contributed by atoms with Crippen LogP contribution in [0.2, 0.25) is 0 Å². The standard InChI is InChI=1S/C19H32N2O2/c1-4-13-20-14-7-8-15-21(16-19(22)23-6-3)18-11-9-17(5-2)10-12-18/h9-12,20H,4-8,13-16H2,1-3H3. The largest absolute Gasteiger partial charge is 0.465 e. The van der Waals surface area contributed by atoms with E-state index in [1.165, 1.54) is 12.0 Å². The van der Waals surface area contributed by atoms with Gasteiger partial charge >= 0.3 is 5.97 Å². The van der Waals surface area contributed by atoms with E-state index in [0.29, 0.717) is 13.2 Å². The van der Waals surface area contributed by atoms with Gasteiger partial charge in [0.25, 0.3) is 0 Å². The Morgan fingerprint density at radius 1 is 1.09 bits per heavy atom. The number of nitrogens with zero attached hydrogens (tertiary/aromatic N) is 1. The predicted molar refractivity (Wildman–Crippen MR) is 97.1 cm³/mol. The molecule has 0 atom stereocenters. The summed E-state index contributed by atoms with van der Waals surface area (Å²) < 4.78 is 5.11. The van der Waals surface area contributed by atoms with Gasteiger partial charge < -0.3 is 15.0 Å². The number of esters is 1. The van der Waals surface area contributed by atoms with E-state index in [0.717, 1.165) is 44.6 Å². The second kappa shape index (κ2) is 11.9. The number of nitrogens with one attached hydrogen (secondary N) is 1. The van der Waals surface area contributed by atoms with E-state index in [1.807, 2.05) is 6.92 Å². The summed E-state index contributed by atoms with van der Waals surface area (Å²) in [6.45, 7) is 9.91. The molecule has 23 heavy (non-hydrogen) atoms. The van der Waals surface area contributed by atoms with Gasteiger partial charge in [0.05, 0.1) is 6.61 Å². The van der Waals surface area contributed by atoms with Crippen LogP contribution in [0.5, 0.6) is 0 Å². The number of ether oxygens (including phenoxy) is 1. The third kappa shape index (κ3) is 8.03. The average molecular weight is 320 g/mol. The minimum atomic E-state index is -0.156. The third-order valence-corrected chi connectivity index (χ3v) is 3.79. The molecule has 130 valence electrons. The normalized spacial score (nSPS) is 10.6. The summed E-state index contributed by atoms with van der Waals surface area (Å²) >= 11 is 0. The predicted octanol–water partition coefficient (Wildman–Crippen LogP) is 3.40. The highest BCUT2D eigenvalue weighted by Crippen LogP contribution is 2.16. The molecule has 1 aromatic rings. The average Bonchev–Trinajstić information content (AvgIpc) is 2.57. The topological polar surface area (TPSA) is 41.6 Å². The summed E-state index contributed by atoms with van der Waals surface area (Å²) in [7, 11) is 0. The van der Waals surface area contributed by atoms with Crippen molar-refractivity contribution in [1.29, 1.82) is 0 Å². The molecular formula is C19H32N2O2. The Balaban J connectivity index is 2.55. The lowest BCUT2D eigenvalue weighted by Crippen LogP contribution is -2.32. The van der Waals surface area contributed by atoms with Gasteiger partial charge in [-0.1, -0.05) is 26.0 Å². The molecule has 0 saturated carbocycles. The van der Waals surface area contributed by atoms with Crippen LogP contribution in [-0.2, 0) is 16.0 Å². The molecule has 0 fully saturated rings. The first-order valence-electron chi connectivity index (χ1n) is 8.91. The summed E-state index contributed by atoms with van der Waals surface area (Å²) in [5.74, 6) is -0.156. The van der Waals surface area contributed by atoms with Crippen molar-refractivity contribution >= 4 is 11.7 Å². The molecule has 4 nitrogen and oxygen atoms in total. The Kier molecular flexibility index (Phi) is 10.1. The maximum absolute atomic E-state index is 11.8. The molecule has 1 N–H and O–H groups in total. The smallest absolute Gasteiger partial charge is 0.325 e. The molecule has 0 amide bonds. The lowest BCUT2D eigenvalue weighted by atomic mass is 10.1. The summed E-state index contributed by atoms with van der Waals surface area (Å²) in [6.07, 6.45) is 4.37. The highest BCUT2D eigenvalue weighted by molar-refractivity contribution is 5.75. The van der Waals surface area contributed by atoms with Crippen LogP contribution in [0.15, 0.2) is 24.3 Å². The van der Waals surface area contributed by atoms with Gasteiger partial charge in [-0.25, -0.2) is 0 Å². The lowest BCUT2D eigenvalue weighted by molar-refractivity contribution is -0.141. The molecule has 0 aromatic heterocycles. The number of rotatable bonds is 12. The number of hydrogen-bond donors (Lipinski definition) is 1. The van der Waals surface area contributed by atoms with E-state index in [9.17, 15) is 4.79 Å². The molecule has 0 bridgehead atoms. The van der Waals surface area contributed by atoms with Crippen molar-refractivity contribution in [1.82, 2.24) is 5.32 Å². The Hall–Kier alpha value is -1.55. The molecule has 4 heteroatoms. The van der Waals surface area contributed by atoms with Crippen LogP contribution in [0, 0.1) is 0 Å². The van der Waals surface area contributed by atoms with Crippen LogP contribution < -0.4 is 10.2 Å². The van der Waals surface area contributed by atoms with Gasteiger partial charge in [0, 0.05) is 12.2 Å². The van der Waals surface area contributed by atoms with Gasteiger partial charge in [0.15, 0.2) is 0 Å². The SMILES string of the molecule is CCCNCCCCN(CC(=O)OCC)c1ccc(CC)cc1. The van der Waals surface area contributed by atoms with Gasteiger partial charge in [-0.05, 0) is 63.4 Å². The number of carbonyl (C=O) groups excluding carboxylic acids is 1. The Labute approximate surface area is 141 Å². The number of aryl methyl sites for hydroxylation is 1. The van der Waals surface area contributed by atoms with Gasteiger partial charge in [-0.15, -0.1) is 0 Å². The fourth-order valence-corrected chi connectivity index (χ4v) is 2.46.